The SMILES string of the molecule is CC1(Oc2ccccc2)CC2CCC(C1)N2. The van der Waals surface area contributed by atoms with Gasteiger partial charge in [-0.2, -0.15) is 0 Å². The molecule has 1 aromatic carbocycles. The van der Waals surface area contributed by atoms with Crippen molar-refractivity contribution < 1.29 is 4.74 Å². The lowest BCUT2D eigenvalue weighted by atomic mass is 9.89. The van der Waals surface area contributed by atoms with Gasteiger partial charge in [0.05, 0.1) is 0 Å². The van der Waals surface area contributed by atoms with Crippen molar-refractivity contribution in [2.45, 2.75) is 50.3 Å². The minimum absolute atomic E-state index is 0.0262. The van der Waals surface area contributed by atoms with Crippen LogP contribution in [0.2, 0.25) is 0 Å². The molecule has 2 heterocycles. The Morgan fingerprint density at radius 3 is 2.38 bits per heavy atom. The van der Waals surface area contributed by atoms with Gasteiger partial charge in [0.1, 0.15) is 11.4 Å². The lowest BCUT2D eigenvalue weighted by Crippen LogP contribution is -2.49. The summed E-state index contributed by atoms with van der Waals surface area (Å²) in [6.07, 6.45) is 4.91. The summed E-state index contributed by atoms with van der Waals surface area (Å²) in [6.45, 7) is 2.26. The van der Waals surface area contributed by atoms with Crippen molar-refractivity contribution in [2.75, 3.05) is 0 Å². The number of hydrogen-bond donors (Lipinski definition) is 1. The summed E-state index contributed by atoms with van der Waals surface area (Å²) < 4.78 is 6.18. The Kier molecular flexibility index (Phi) is 2.40. The van der Waals surface area contributed by atoms with Gasteiger partial charge in [-0.25, -0.2) is 0 Å². The van der Waals surface area contributed by atoms with E-state index in [0.717, 1.165) is 18.6 Å². The highest BCUT2D eigenvalue weighted by Gasteiger charge is 2.42. The molecule has 2 saturated heterocycles. The first-order valence-electron chi connectivity index (χ1n) is 6.24. The van der Waals surface area contributed by atoms with Gasteiger partial charge in [-0.05, 0) is 31.9 Å². The Morgan fingerprint density at radius 2 is 1.75 bits per heavy atom. The first-order valence-corrected chi connectivity index (χ1v) is 6.24. The first kappa shape index (κ1) is 10.2. The highest BCUT2D eigenvalue weighted by Crippen LogP contribution is 2.36. The average molecular weight is 217 g/mol. The number of ether oxygens (including phenoxy) is 1. The van der Waals surface area contributed by atoms with E-state index in [0.29, 0.717) is 12.1 Å². The lowest BCUT2D eigenvalue weighted by molar-refractivity contribution is 0.0362. The maximum Gasteiger partial charge on any atom is 0.120 e. The van der Waals surface area contributed by atoms with Crippen LogP contribution in [0, 0.1) is 0 Å². The zero-order chi connectivity index (χ0) is 11.0. The third-order valence-corrected chi connectivity index (χ3v) is 3.80. The van der Waals surface area contributed by atoms with E-state index in [1.54, 1.807) is 0 Å². The van der Waals surface area contributed by atoms with Gasteiger partial charge < -0.3 is 10.1 Å². The van der Waals surface area contributed by atoms with E-state index in [4.69, 9.17) is 4.74 Å². The molecule has 2 aliphatic rings. The van der Waals surface area contributed by atoms with Crippen LogP contribution in [0.4, 0.5) is 0 Å². The quantitative estimate of drug-likeness (QED) is 0.822. The molecule has 0 aromatic heterocycles. The van der Waals surface area contributed by atoms with Gasteiger partial charge in [-0.15, -0.1) is 0 Å². The van der Waals surface area contributed by atoms with Crippen LogP contribution >= 0.6 is 0 Å². The molecule has 0 saturated carbocycles. The normalized spacial score (nSPS) is 37.3. The van der Waals surface area contributed by atoms with Gasteiger partial charge >= 0.3 is 0 Å². The maximum absolute atomic E-state index is 6.18. The average Bonchev–Trinajstić information content (AvgIpc) is 2.59. The van der Waals surface area contributed by atoms with Crippen LogP contribution in [-0.4, -0.2) is 17.7 Å². The number of piperidine rings is 1. The van der Waals surface area contributed by atoms with Crippen molar-refractivity contribution in [3.05, 3.63) is 30.3 Å². The molecule has 2 fully saturated rings. The van der Waals surface area contributed by atoms with E-state index in [1.807, 2.05) is 18.2 Å². The molecule has 1 N–H and O–H groups in total. The maximum atomic E-state index is 6.18. The van der Waals surface area contributed by atoms with Gasteiger partial charge in [0.2, 0.25) is 0 Å². The van der Waals surface area contributed by atoms with E-state index in [9.17, 15) is 0 Å². The molecule has 0 spiro atoms. The van der Waals surface area contributed by atoms with E-state index in [2.05, 4.69) is 24.4 Å². The molecule has 0 aliphatic carbocycles. The molecule has 2 unspecified atom stereocenters. The Labute approximate surface area is 97.0 Å². The van der Waals surface area contributed by atoms with Gasteiger partial charge in [-0.3, -0.25) is 0 Å². The van der Waals surface area contributed by atoms with E-state index in [1.165, 1.54) is 12.8 Å². The Hall–Kier alpha value is -1.02. The van der Waals surface area contributed by atoms with Crippen molar-refractivity contribution in [1.29, 1.82) is 0 Å². The summed E-state index contributed by atoms with van der Waals surface area (Å²) in [5, 5.41) is 3.65. The van der Waals surface area contributed by atoms with Crippen molar-refractivity contribution in [1.82, 2.24) is 5.32 Å². The molecule has 0 amide bonds. The van der Waals surface area contributed by atoms with Crippen molar-refractivity contribution >= 4 is 0 Å². The molecule has 2 bridgehead atoms. The predicted molar refractivity (Wildman–Crippen MR) is 64.7 cm³/mol. The number of hydrogen-bond acceptors (Lipinski definition) is 2. The molecule has 16 heavy (non-hydrogen) atoms. The smallest absolute Gasteiger partial charge is 0.120 e. The third-order valence-electron chi connectivity index (χ3n) is 3.80. The molecule has 2 atom stereocenters. The molecular weight excluding hydrogens is 198 g/mol. The van der Waals surface area contributed by atoms with Gasteiger partial charge in [0.15, 0.2) is 0 Å². The topological polar surface area (TPSA) is 21.3 Å². The molecule has 2 aliphatic heterocycles. The Balaban J connectivity index is 1.74. The van der Waals surface area contributed by atoms with Crippen molar-refractivity contribution in [2.24, 2.45) is 0 Å². The molecule has 1 aromatic rings. The summed E-state index contributed by atoms with van der Waals surface area (Å²) in [7, 11) is 0. The summed E-state index contributed by atoms with van der Waals surface area (Å²) in [5.74, 6) is 1.01. The van der Waals surface area contributed by atoms with Crippen molar-refractivity contribution in [3.8, 4) is 5.75 Å². The van der Waals surface area contributed by atoms with Crippen LogP contribution in [0.3, 0.4) is 0 Å². The molecule has 3 rings (SSSR count). The lowest BCUT2D eigenvalue weighted by Gasteiger charge is -2.38. The number of nitrogens with one attached hydrogen (secondary N) is 1. The van der Waals surface area contributed by atoms with Crippen LogP contribution < -0.4 is 10.1 Å². The van der Waals surface area contributed by atoms with Crippen molar-refractivity contribution in [3.63, 3.8) is 0 Å². The fourth-order valence-electron chi connectivity index (χ4n) is 3.21. The second kappa shape index (κ2) is 3.77. The highest BCUT2D eigenvalue weighted by molar-refractivity contribution is 5.22. The second-order valence-corrected chi connectivity index (χ2v) is 5.41. The number of rotatable bonds is 2. The van der Waals surface area contributed by atoms with Gasteiger partial charge in [0, 0.05) is 24.9 Å². The van der Waals surface area contributed by atoms with E-state index < -0.39 is 0 Å². The Bertz CT molecular complexity index is 350. The minimum Gasteiger partial charge on any atom is -0.487 e. The highest BCUT2D eigenvalue weighted by atomic mass is 16.5. The summed E-state index contributed by atoms with van der Waals surface area (Å²) in [6, 6.07) is 11.5. The zero-order valence-corrected chi connectivity index (χ0v) is 9.78. The molecular formula is C14H19NO. The monoisotopic (exact) mass is 217 g/mol. The van der Waals surface area contributed by atoms with E-state index >= 15 is 0 Å². The van der Waals surface area contributed by atoms with Gasteiger partial charge in [0.25, 0.3) is 0 Å². The summed E-state index contributed by atoms with van der Waals surface area (Å²) >= 11 is 0. The number of fused-ring (bicyclic) bond motifs is 2. The fourth-order valence-corrected chi connectivity index (χ4v) is 3.21. The molecule has 0 radical (unpaired) electrons. The van der Waals surface area contributed by atoms with Crippen LogP contribution in [0.1, 0.15) is 32.6 Å². The predicted octanol–water partition coefficient (Wildman–Crippen LogP) is 2.74. The van der Waals surface area contributed by atoms with Crippen LogP contribution in [0.5, 0.6) is 5.75 Å². The minimum atomic E-state index is 0.0262. The summed E-state index contributed by atoms with van der Waals surface area (Å²) in [5.41, 5.74) is 0.0262. The summed E-state index contributed by atoms with van der Waals surface area (Å²) in [4.78, 5) is 0. The molecule has 2 heteroatoms. The second-order valence-electron chi connectivity index (χ2n) is 5.41. The largest absolute Gasteiger partial charge is 0.487 e. The zero-order valence-electron chi connectivity index (χ0n) is 9.78. The number of benzene rings is 1. The standard InChI is InChI=1S/C14H19NO/c1-14(16-13-5-3-2-4-6-13)9-11-7-8-12(10-14)15-11/h2-6,11-12,15H,7-10H2,1H3. The molecule has 86 valence electrons. The Morgan fingerprint density at radius 1 is 1.12 bits per heavy atom. The van der Waals surface area contributed by atoms with E-state index in [-0.39, 0.29) is 5.60 Å². The number of para-hydroxylation sites is 1. The fraction of sp³-hybridized carbons (Fsp3) is 0.571. The third kappa shape index (κ3) is 1.94. The molecule has 2 nitrogen and oxygen atoms in total. The van der Waals surface area contributed by atoms with Gasteiger partial charge in [-0.1, -0.05) is 18.2 Å². The van der Waals surface area contributed by atoms with Crippen LogP contribution in [0.25, 0.3) is 0 Å². The van der Waals surface area contributed by atoms with Crippen LogP contribution in [-0.2, 0) is 0 Å². The van der Waals surface area contributed by atoms with Crippen LogP contribution in [0.15, 0.2) is 30.3 Å². The first-order chi connectivity index (χ1) is 7.73.